The van der Waals surface area contributed by atoms with Crippen LogP contribution in [0.3, 0.4) is 0 Å². The molecule has 1 aromatic rings. The Balaban J connectivity index is 2.47. The SMILES string of the molecule is CCNC(=S)NCCc1ccc(S(N)(=O)=O)cc1. The van der Waals surface area contributed by atoms with Crippen LogP contribution in [0.4, 0.5) is 0 Å². The first-order valence-electron chi connectivity index (χ1n) is 5.57. The molecular weight excluding hydrogens is 270 g/mol. The third-order valence-corrected chi connectivity index (χ3v) is 3.51. The van der Waals surface area contributed by atoms with E-state index >= 15 is 0 Å². The summed E-state index contributed by atoms with van der Waals surface area (Å²) in [4.78, 5) is 0.127. The van der Waals surface area contributed by atoms with E-state index in [1.807, 2.05) is 6.92 Å². The van der Waals surface area contributed by atoms with Crippen LogP contribution in [0.5, 0.6) is 0 Å². The van der Waals surface area contributed by atoms with Crippen molar-refractivity contribution in [1.29, 1.82) is 0 Å². The fraction of sp³-hybridized carbons (Fsp3) is 0.364. The molecule has 0 aromatic heterocycles. The van der Waals surface area contributed by atoms with Gasteiger partial charge in [0, 0.05) is 13.1 Å². The Morgan fingerprint density at radius 3 is 2.39 bits per heavy atom. The molecule has 0 heterocycles. The molecule has 100 valence electrons. The predicted octanol–water partition coefficient (Wildman–Crippen LogP) is 0.361. The first kappa shape index (κ1) is 14.9. The van der Waals surface area contributed by atoms with Crippen molar-refractivity contribution < 1.29 is 8.42 Å². The maximum absolute atomic E-state index is 11.1. The number of hydrogen-bond acceptors (Lipinski definition) is 3. The molecule has 0 atom stereocenters. The van der Waals surface area contributed by atoms with E-state index in [0.29, 0.717) is 11.7 Å². The molecule has 7 heteroatoms. The van der Waals surface area contributed by atoms with E-state index < -0.39 is 10.0 Å². The van der Waals surface area contributed by atoms with E-state index in [1.165, 1.54) is 12.1 Å². The van der Waals surface area contributed by atoms with Crippen LogP contribution < -0.4 is 15.8 Å². The fourth-order valence-corrected chi connectivity index (χ4v) is 2.15. The van der Waals surface area contributed by atoms with Gasteiger partial charge in [0.25, 0.3) is 0 Å². The molecule has 0 saturated carbocycles. The number of benzene rings is 1. The van der Waals surface area contributed by atoms with Crippen LogP contribution in [-0.2, 0) is 16.4 Å². The molecule has 0 radical (unpaired) electrons. The number of thiocarbonyl (C=S) groups is 1. The van der Waals surface area contributed by atoms with Gasteiger partial charge < -0.3 is 10.6 Å². The van der Waals surface area contributed by atoms with Gasteiger partial charge in [-0.1, -0.05) is 12.1 Å². The largest absolute Gasteiger partial charge is 0.363 e. The molecule has 18 heavy (non-hydrogen) atoms. The van der Waals surface area contributed by atoms with Crippen molar-refractivity contribution in [1.82, 2.24) is 10.6 Å². The van der Waals surface area contributed by atoms with Gasteiger partial charge in [-0.3, -0.25) is 0 Å². The Bertz CT molecular complexity index is 498. The lowest BCUT2D eigenvalue weighted by atomic mass is 10.1. The third kappa shape index (κ3) is 4.99. The molecular formula is C11H17N3O2S2. The summed E-state index contributed by atoms with van der Waals surface area (Å²) in [5.41, 5.74) is 1.02. The summed E-state index contributed by atoms with van der Waals surface area (Å²) in [6.45, 7) is 3.45. The molecule has 0 fully saturated rings. The molecule has 0 aliphatic heterocycles. The number of rotatable bonds is 5. The Morgan fingerprint density at radius 1 is 1.28 bits per heavy atom. The molecule has 0 aliphatic carbocycles. The second-order valence-electron chi connectivity index (χ2n) is 3.73. The van der Waals surface area contributed by atoms with Crippen molar-refractivity contribution >= 4 is 27.4 Å². The lowest BCUT2D eigenvalue weighted by Gasteiger charge is -2.08. The summed E-state index contributed by atoms with van der Waals surface area (Å²) in [6.07, 6.45) is 0.760. The average molecular weight is 287 g/mol. The average Bonchev–Trinajstić information content (AvgIpc) is 2.29. The molecule has 0 saturated heterocycles. The highest BCUT2D eigenvalue weighted by atomic mass is 32.2. The molecule has 5 nitrogen and oxygen atoms in total. The Kier molecular flexibility index (Phi) is 5.52. The van der Waals surface area contributed by atoms with Gasteiger partial charge in [0.05, 0.1) is 4.90 Å². The molecule has 1 rings (SSSR count). The molecule has 0 unspecified atom stereocenters. The zero-order chi connectivity index (χ0) is 13.6. The molecule has 0 bridgehead atoms. The zero-order valence-corrected chi connectivity index (χ0v) is 11.8. The minimum atomic E-state index is -3.61. The monoisotopic (exact) mass is 287 g/mol. The van der Waals surface area contributed by atoms with E-state index in [1.54, 1.807) is 12.1 Å². The van der Waals surface area contributed by atoms with Crippen molar-refractivity contribution in [2.45, 2.75) is 18.2 Å². The van der Waals surface area contributed by atoms with Crippen molar-refractivity contribution in [2.24, 2.45) is 5.14 Å². The van der Waals surface area contributed by atoms with Crippen LogP contribution >= 0.6 is 12.2 Å². The first-order chi connectivity index (χ1) is 8.43. The third-order valence-electron chi connectivity index (χ3n) is 2.29. The molecule has 0 spiro atoms. The van der Waals surface area contributed by atoms with E-state index in [9.17, 15) is 8.42 Å². The van der Waals surface area contributed by atoms with Gasteiger partial charge in [0.1, 0.15) is 0 Å². The summed E-state index contributed by atoms with van der Waals surface area (Å²) < 4.78 is 22.1. The topological polar surface area (TPSA) is 84.2 Å². The summed E-state index contributed by atoms with van der Waals surface area (Å²) in [5.74, 6) is 0. The minimum absolute atomic E-state index is 0.127. The summed E-state index contributed by atoms with van der Waals surface area (Å²) in [6, 6.07) is 6.51. The summed E-state index contributed by atoms with van der Waals surface area (Å²) >= 11 is 5.02. The second-order valence-corrected chi connectivity index (χ2v) is 5.69. The maximum Gasteiger partial charge on any atom is 0.238 e. The van der Waals surface area contributed by atoms with Gasteiger partial charge in [0.2, 0.25) is 10.0 Å². The quantitative estimate of drug-likeness (QED) is 0.681. The van der Waals surface area contributed by atoms with E-state index in [0.717, 1.165) is 18.5 Å². The van der Waals surface area contributed by atoms with Crippen LogP contribution in [0.2, 0.25) is 0 Å². The molecule has 4 N–H and O–H groups in total. The molecule has 0 aliphatic rings. The Morgan fingerprint density at radius 2 is 1.89 bits per heavy atom. The number of nitrogens with one attached hydrogen (secondary N) is 2. The van der Waals surface area contributed by atoms with Gasteiger partial charge in [-0.25, -0.2) is 13.6 Å². The van der Waals surface area contributed by atoms with Crippen molar-refractivity contribution in [3.8, 4) is 0 Å². The highest BCUT2D eigenvalue weighted by Crippen LogP contribution is 2.08. The minimum Gasteiger partial charge on any atom is -0.363 e. The standard InChI is InChI=1S/C11H17N3O2S2/c1-2-13-11(17)14-8-7-9-3-5-10(6-4-9)18(12,15)16/h3-6H,2,7-8H2,1H3,(H2,12,15,16)(H2,13,14,17). The number of primary sulfonamides is 1. The summed E-state index contributed by atoms with van der Waals surface area (Å²) in [5, 5.41) is 11.7. The predicted molar refractivity (Wildman–Crippen MR) is 75.8 cm³/mol. The summed E-state index contributed by atoms with van der Waals surface area (Å²) in [7, 11) is -3.61. The number of hydrogen-bond donors (Lipinski definition) is 3. The van der Waals surface area contributed by atoms with E-state index in [2.05, 4.69) is 10.6 Å². The highest BCUT2D eigenvalue weighted by Gasteiger charge is 2.06. The van der Waals surface area contributed by atoms with E-state index in [4.69, 9.17) is 17.4 Å². The molecule has 0 amide bonds. The van der Waals surface area contributed by atoms with Gasteiger partial charge in [-0.05, 0) is 43.3 Å². The normalized spacial score (nSPS) is 11.0. The lowest BCUT2D eigenvalue weighted by molar-refractivity contribution is 0.598. The van der Waals surface area contributed by atoms with Crippen LogP contribution in [0, 0.1) is 0 Å². The van der Waals surface area contributed by atoms with Gasteiger partial charge in [0.15, 0.2) is 5.11 Å². The van der Waals surface area contributed by atoms with Gasteiger partial charge in [-0.15, -0.1) is 0 Å². The lowest BCUT2D eigenvalue weighted by Crippen LogP contribution is -2.36. The number of nitrogens with two attached hydrogens (primary N) is 1. The zero-order valence-electron chi connectivity index (χ0n) is 10.1. The Labute approximate surface area is 113 Å². The second kappa shape index (κ2) is 6.67. The van der Waals surface area contributed by atoms with Crippen LogP contribution in [-0.4, -0.2) is 26.6 Å². The van der Waals surface area contributed by atoms with Crippen molar-refractivity contribution in [3.05, 3.63) is 29.8 Å². The number of sulfonamides is 1. The van der Waals surface area contributed by atoms with Crippen LogP contribution in [0.25, 0.3) is 0 Å². The maximum atomic E-state index is 11.1. The first-order valence-corrected chi connectivity index (χ1v) is 7.52. The fourth-order valence-electron chi connectivity index (χ4n) is 1.39. The highest BCUT2D eigenvalue weighted by molar-refractivity contribution is 7.89. The van der Waals surface area contributed by atoms with E-state index in [-0.39, 0.29) is 4.90 Å². The van der Waals surface area contributed by atoms with Gasteiger partial charge >= 0.3 is 0 Å². The van der Waals surface area contributed by atoms with Crippen molar-refractivity contribution in [3.63, 3.8) is 0 Å². The Hall–Kier alpha value is -1.18. The van der Waals surface area contributed by atoms with Crippen molar-refractivity contribution in [2.75, 3.05) is 13.1 Å². The van der Waals surface area contributed by atoms with Crippen LogP contribution in [0.15, 0.2) is 29.2 Å². The smallest absolute Gasteiger partial charge is 0.238 e. The van der Waals surface area contributed by atoms with Gasteiger partial charge in [-0.2, -0.15) is 0 Å². The molecule has 1 aromatic carbocycles. The van der Waals surface area contributed by atoms with Crippen LogP contribution in [0.1, 0.15) is 12.5 Å².